The van der Waals surface area contributed by atoms with Crippen molar-refractivity contribution in [2.45, 2.75) is 57.6 Å². The molecule has 1 saturated heterocycles. The molecule has 1 aromatic heterocycles. The molecule has 6 heteroatoms. The number of hydrogen-bond acceptors (Lipinski definition) is 4. The average molecular weight is 320 g/mol. The number of aromatic nitrogens is 1. The van der Waals surface area contributed by atoms with Crippen LogP contribution in [0.25, 0.3) is 0 Å². The predicted molar refractivity (Wildman–Crippen MR) is 85.0 cm³/mol. The summed E-state index contributed by atoms with van der Waals surface area (Å²) in [6, 6.07) is 3.99. The van der Waals surface area contributed by atoms with E-state index in [2.05, 4.69) is 4.98 Å². The van der Waals surface area contributed by atoms with E-state index in [0.29, 0.717) is 6.42 Å². The first-order chi connectivity index (χ1) is 10.9. The van der Waals surface area contributed by atoms with Crippen molar-refractivity contribution in [3.05, 3.63) is 29.1 Å². The Kier molecular flexibility index (Phi) is 5.36. The van der Waals surface area contributed by atoms with Gasteiger partial charge in [0.15, 0.2) is 0 Å². The summed E-state index contributed by atoms with van der Waals surface area (Å²) in [6.07, 6.45) is 4.05. The van der Waals surface area contributed by atoms with Crippen molar-refractivity contribution >= 4 is 12.4 Å². The average Bonchev–Trinajstić information content (AvgIpc) is 3.02. The van der Waals surface area contributed by atoms with Crippen LogP contribution in [-0.4, -0.2) is 50.7 Å². The zero-order chi connectivity index (χ0) is 17.0. The second-order valence-corrected chi connectivity index (χ2v) is 6.39. The number of amides is 1. The van der Waals surface area contributed by atoms with Crippen molar-refractivity contribution in [2.75, 3.05) is 6.54 Å². The van der Waals surface area contributed by atoms with Crippen LogP contribution in [0.2, 0.25) is 0 Å². The lowest BCUT2D eigenvalue weighted by Crippen LogP contribution is -2.44. The first-order valence-corrected chi connectivity index (χ1v) is 7.93. The largest absolute Gasteiger partial charge is 0.483 e. The van der Waals surface area contributed by atoms with Crippen LogP contribution in [-0.2, 0) is 16.0 Å². The molecule has 0 aromatic carbocycles. The van der Waals surface area contributed by atoms with E-state index in [1.807, 2.05) is 30.9 Å². The molecule has 1 atom stereocenters. The van der Waals surface area contributed by atoms with Crippen molar-refractivity contribution in [3.63, 3.8) is 0 Å². The molecule has 1 unspecified atom stereocenters. The van der Waals surface area contributed by atoms with Crippen LogP contribution in [0.5, 0.6) is 0 Å². The lowest BCUT2D eigenvalue weighted by atomic mass is 10.1. The summed E-state index contributed by atoms with van der Waals surface area (Å²) in [5.74, 6) is 0.137. The third-order valence-corrected chi connectivity index (χ3v) is 4.45. The van der Waals surface area contributed by atoms with Gasteiger partial charge in [0.2, 0.25) is 5.91 Å². The molecule has 2 fully saturated rings. The van der Waals surface area contributed by atoms with E-state index < -0.39 is 5.60 Å². The number of hydrogen-bond donors (Lipinski definition) is 2. The second kappa shape index (κ2) is 7.08. The molecule has 1 amide bonds. The summed E-state index contributed by atoms with van der Waals surface area (Å²) in [4.78, 5) is 27.1. The van der Waals surface area contributed by atoms with Gasteiger partial charge in [0, 0.05) is 17.9 Å². The summed E-state index contributed by atoms with van der Waals surface area (Å²) >= 11 is 0. The Morgan fingerprint density at radius 2 is 1.96 bits per heavy atom. The Labute approximate surface area is 136 Å². The molecule has 0 spiro atoms. The molecule has 0 radical (unpaired) electrons. The van der Waals surface area contributed by atoms with Crippen LogP contribution >= 0.6 is 0 Å². The maximum absolute atomic E-state index is 12.5. The highest BCUT2D eigenvalue weighted by atomic mass is 16.3. The Bertz CT molecular complexity index is 564. The summed E-state index contributed by atoms with van der Waals surface area (Å²) in [5, 5.41) is 17.2. The quantitative estimate of drug-likeness (QED) is 0.823. The fraction of sp³-hybridized carbons (Fsp3) is 0.588. The number of rotatable bonds is 3. The summed E-state index contributed by atoms with van der Waals surface area (Å²) in [7, 11) is 0. The molecule has 2 aliphatic rings. The van der Waals surface area contributed by atoms with Crippen molar-refractivity contribution < 1.29 is 19.8 Å². The van der Waals surface area contributed by atoms with Gasteiger partial charge in [0.1, 0.15) is 0 Å². The van der Waals surface area contributed by atoms with Gasteiger partial charge < -0.3 is 15.1 Å². The van der Waals surface area contributed by atoms with E-state index in [4.69, 9.17) is 9.90 Å². The number of carboxylic acid groups (broad SMARTS) is 1. The van der Waals surface area contributed by atoms with E-state index in [1.165, 1.54) is 0 Å². The van der Waals surface area contributed by atoms with Gasteiger partial charge in [-0.3, -0.25) is 14.6 Å². The van der Waals surface area contributed by atoms with E-state index in [1.54, 1.807) is 0 Å². The third-order valence-electron chi connectivity index (χ3n) is 4.45. The molecule has 1 aliphatic carbocycles. The molecule has 2 N–H and O–H groups in total. The van der Waals surface area contributed by atoms with E-state index in [9.17, 15) is 9.90 Å². The van der Waals surface area contributed by atoms with Crippen molar-refractivity contribution in [1.82, 2.24) is 9.88 Å². The molecule has 1 aliphatic heterocycles. The molecular weight excluding hydrogens is 296 g/mol. The van der Waals surface area contributed by atoms with Crippen LogP contribution in [0, 0.1) is 13.8 Å². The molecule has 23 heavy (non-hydrogen) atoms. The van der Waals surface area contributed by atoms with Crippen LogP contribution in [0.3, 0.4) is 0 Å². The van der Waals surface area contributed by atoms with Gasteiger partial charge in [-0.2, -0.15) is 0 Å². The van der Waals surface area contributed by atoms with Crippen LogP contribution < -0.4 is 0 Å². The number of aliphatic hydroxyl groups is 1. The predicted octanol–water partition coefficient (Wildman–Crippen LogP) is 1.46. The van der Waals surface area contributed by atoms with Crippen LogP contribution in [0.1, 0.15) is 42.6 Å². The standard InChI is InChI=1S/C16H22N2O2.CH2O2/c1-11-8-13(9-12(2)17-11)10-15(19)18-7-3-4-14(18)16(20)5-6-16;2-1-3/h8-9,14,20H,3-7,10H2,1-2H3;1H,(H,2,3). The number of nitrogens with zero attached hydrogens (tertiary/aromatic N) is 2. The highest BCUT2D eigenvalue weighted by Crippen LogP contribution is 2.44. The van der Waals surface area contributed by atoms with E-state index in [-0.39, 0.29) is 18.4 Å². The highest BCUT2D eigenvalue weighted by molar-refractivity contribution is 5.79. The zero-order valence-electron chi connectivity index (χ0n) is 13.7. The number of carbonyl (C=O) groups excluding carboxylic acids is 1. The zero-order valence-corrected chi connectivity index (χ0v) is 13.7. The first-order valence-electron chi connectivity index (χ1n) is 7.93. The lowest BCUT2D eigenvalue weighted by molar-refractivity contribution is -0.134. The molecule has 126 valence electrons. The van der Waals surface area contributed by atoms with Crippen molar-refractivity contribution in [3.8, 4) is 0 Å². The van der Waals surface area contributed by atoms with Crippen molar-refractivity contribution in [2.24, 2.45) is 0 Å². The Morgan fingerprint density at radius 3 is 2.48 bits per heavy atom. The minimum absolute atomic E-state index is 0.0408. The van der Waals surface area contributed by atoms with Crippen LogP contribution in [0.4, 0.5) is 0 Å². The van der Waals surface area contributed by atoms with Gasteiger partial charge in [0.25, 0.3) is 6.47 Å². The number of aryl methyl sites for hydroxylation is 2. The first kappa shape index (κ1) is 17.4. The minimum Gasteiger partial charge on any atom is -0.483 e. The third kappa shape index (κ3) is 4.28. The van der Waals surface area contributed by atoms with Gasteiger partial charge in [0.05, 0.1) is 18.1 Å². The Hall–Kier alpha value is -1.95. The fourth-order valence-corrected chi connectivity index (χ4v) is 3.38. The molecule has 0 bridgehead atoms. The molecule has 6 nitrogen and oxygen atoms in total. The second-order valence-electron chi connectivity index (χ2n) is 6.39. The van der Waals surface area contributed by atoms with Gasteiger partial charge in [-0.25, -0.2) is 0 Å². The van der Waals surface area contributed by atoms with Crippen LogP contribution in [0.15, 0.2) is 12.1 Å². The Morgan fingerprint density at radius 1 is 1.39 bits per heavy atom. The van der Waals surface area contributed by atoms with Gasteiger partial charge in [-0.15, -0.1) is 0 Å². The summed E-state index contributed by atoms with van der Waals surface area (Å²) < 4.78 is 0. The normalized spacial score (nSPS) is 21.3. The molecule has 1 saturated carbocycles. The van der Waals surface area contributed by atoms with E-state index >= 15 is 0 Å². The molecular formula is C17H24N2O4. The van der Waals surface area contributed by atoms with Gasteiger partial charge in [-0.1, -0.05) is 0 Å². The SMILES string of the molecule is Cc1cc(CC(=O)N2CCCC2C2(O)CC2)cc(C)n1.O=CO. The monoisotopic (exact) mass is 320 g/mol. The number of carbonyl (C=O) groups is 2. The van der Waals surface area contributed by atoms with Crippen molar-refractivity contribution in [1.29, 1.82) is 0 Å². The maximum atomic E-state index is 12.5. The highest BCUT2D eigenvalue weighted by Gasteiger charge is 2.52. The topological polar surface area (TPSA) is 90.7 Å². The lowest BCUT2D eigenvalue weighted by Gasteiger charge is -2.29. The fourth-order valence-electron chi connectivity index (χ4n) is 3.38. The minimum atomic E-state index is -0.587. The maximum Gasteiger partial charge on any atom is 0.290 e. The van der Waals surface area contributed by atoms with Gasteiger partial charge >= 0.3 is 0 Å². The number of likely N-dealkylation sites (tertiary alicyclic amines) is 1. The smallest absolute Gasteiger partial charge is 0.290 e. The van der Waals surface area contributed by atoms with E-state index in [0.717, 1.165) is 49.2 Å². The van der Waals surface area contributed by atoms with Gasteiger partial charge in [-0.05, 0) is 57.2 Å². The summed E-state index contributed by atoms with van der Waals surface area (Å²) in [6.45, 7) is 4.44. The summed E-state index contributed by atoms with van der Waals surface area (Å²) in [5.41, 5.74) is 2.34. The molecule has 3 rings (SSSR count). The molecule has 2 heterocycles. The molecule has 1 aromatic rings. The number of pyridine rings is 1. The Balaban J connectivity index is 0.000000595.